The van der Waals surface area contributed by atoms with Crippen LogP contribution in [0.25, 0.3) is 5.57 Å². The van der Waals surface area contributed by atoms with Gasteiger partial charge in [-0.15, -0.1) is 0 Å². The summed E-state index contributed by atoms with van der Waals surface area (Å²) in [5, 5.41) is 9.23. The molecule has 2 aromatic rings. The van der Waals surface area contributed by atoms with E-state index < -0.39 is 5.97 Å². The Morgan fingerprint density at radius 2 is 2.07 bits per heavy atom. The van der Waals surface area contributed by atoms with E-state index in [0.29, 0.717) is 19.8 Å². The van der Waals surface area contributed by atoms with Gasteiger partial charge in [-0.3, -0.25) is 4.79 Å². The summed E-state index contributed by atoms with van der Waals surface area (Å²) in [5.74, 6) is -0.116. The third-order valence-electron chi connectivity index (χ3n) is 5.63. The second-order valence-electron chi connectivity index (χ2n) is 7.72. The lowest BCUT2D eigenvalue weighted by atomic mass is 9.94. The fourth-order valence-corrected chi connectivity index (χ4v) is 3.93. The smallest absolute Gasteiger partial charge is 0.307 e. The van der Waals surface area contributed by atoms with Gasteiger partial charge in [0.15, 0.2) is 0 Å². The summed E-state index contributed by atoms with van der Waals surface area (Å²) in [4.78, 5) is 13.4. The monoisotopic (exact) mass is 409 g/mol. The summed E-state index contributed by atoms with van der Waals surface area (Å²) in [6.45, 7) is 5.52. The maximum Gasteiger partial charge on any atom is 0.307 e. The van der Waals surface area contributed by atoms with Crippen molar-refractivity contribution in [3.63, 3.8) is 0 Å². The third kappa shape index (κ3) is 5.94. The number of hydrogen-bond acceptors (Lipinski definition) is 4. The number of ether oxygens (including phenoxy) is 2. The van der Waals surface area contributed by atoms with Crippen molar-refractivity contribution >= 4 is 11.5 Å². The van der Waals surface area contributed by atoms with E-state index in [2.05, 4.69) is 36.1 Å². The van der Waals surface area contributed by atoms with E-state index in [9.17, 15) is 9.90 Å². The second kappa shape index (κ2) is 11.0. The molecule has 1 heterocycles. The van der Waals surface area contributed by atoms with Crippen molar-refractivity contribution in [2.45, 2.75) is 19.8 Å². The van der Waals surface area contributed by atoms with Gasteiger partial charge in [-0.1, -0.05) is 42.5 Å². The zero-order chi connectivity index (χ0) is 21.3. The summed E-state index contributed by atoms with van der Waals surface area (Å²) in [6.07, 6.45) is 3.83. The van der Waals surface area contributed by atoms with Crippen LogP contribution >= 0.6 is 0 Å². The van der Waals surface area contributed by atoms with Crippen molar-refractivity contribution in [2.24, 2.45) is 5.92 Å². The van der Waals surface area contributed by atoms with Crippen molar-refractivity contribution in [2.75, 3.05) is 40.0 Å². The van der Waals surface area contributed by atoms with Gasteiger partial charge in [-0.25, -0.2) is 0 Å². The molecule has 30 heavy (non-hydrogen) atoms. The molecule has 1 aliphatic rings. The number of aliphatic carboxylic acids is 1. The number of methoxy groups -OCH3 is 1. The minimum Gasteiger partial charge on any atom is -0.497 e. The highest BCUT2D eigenvalue weighted by Crippen LogP contribution is 2.28. The van der Waals surface area contributed by atoms with Gasteiger partial charge in [-0.05, 0) is 60.7 Å². The molecule has 2 aromatic carbocycles. The number of aryl methyl sites for hydroxylation is 1. The van der Waals surface area contributed by atoms with E-state index in [0.717, 1.165) is 42.8 Å². The number of likely N-dealkylation sites (tertiary alicyclic amines) is 1. The molecule has 0 aliphatic carbocycles. The van der Waals surface area contributed by atoms with Gasteiger partial charge in [0.2, 0.25) is 0 Å². The van der Waals surface area contributed by atoms with Gasteiger partial charge in [0.25, 0.3) is 0 Å². The first-order valence-electron chi connectivity index (χ1n) is 10.5. The lowest BCUT2D eigenvalue weighted by Crippen LogP contribution is -2.40. The van der Waals surface area contributed by atoms with Crippen molar-refractivity contribution < 1.29 is 19.4 Å². The lowest BCUT2D eigenvalue weighted by molar-refractivity contribution is -0.143. The average molecular weight is 410 g/mol. The number of hydrogen-bond donors (Lipinski definition) is 1. The quantitative estimate of drug-likeness (QED) is 0.628. The molecular weight excluding hydrogens is 378 g/mol. The van der Waals surface area contributed by atoms with Gasteiger partial charge < -0.3 is 19.5 Å². The largest absolute Gasteiger partial charge is 0.497 e. The minimum absolute atomic E-state index is 0.251. The highest BCUT2D eigenvalue weighted by molar-refractivity contribution is 5.81. The molecule has 1 atom stereocenters. The molecule has 160 valence electrons. The molecule has 1 saturated heterocycles. The molecule has 0 radical (unpaired) electrons. The highest BCUT2D eigenvalue weighted by Gasteiger charge is 2.24. The Morgan fingerprint density at radius 1 is 1.23 bits per heavy atom. The van der Waals surface area contributed by atoms with Crippen LogP contribution in [0.1, 0.15) is 29.5 Å². The van der Waals surface area contributed by atoms with Crippen LogP contribution in [0.5, 0.6) is 5.75 Å². The average Bonchev–Trinajstić information content (AvgIpc) is 2.77. The van der Waals surface area contributed by atoms with E-state index in [1.165, 1.54) is 11.1 Å². The number of carboxylic acids is 1. The Hall–Kier alpha value is -2.63. The van der Waals surface area contributed by atoms with Crippen LogP contribution in [-0.4, -0.2) is 55.9 Å². The molecule has 0 aromatic heterocycles. The second-order valence-corrected chi connectivity index (χ2v) is 7.72. The maximum atomic E-state index is 11.2. The molecule has 0 amide bonds. The predicted molar refractivity (Wildman–Crippen MR) is 119 cm³/mol. The number of rotatable bonds is 9. The van der Waals surface area contributed by atoms with Crippen LogP contribution in [0.3, 0.4) is 0 Å². The molecule has 0 saturated carbocycles. The molecule has 0 bridgehead atoms. The van der Waals surface area contributed by atoms with E-state index in [1.807, 2.05) is 30.3 Å². The van der Waals surface area contributed by atoms with Crippen molar-refractivity contribution in [3.05, 3.63) is 71.3 Å². The first-order chi connectivity index (χ1) is 14.6. The van der Waals surface area contributed by atoms with Crippen LogP contribution in [0.2, 0.25) is 0 Å². The third-order valence-corrected chi connectivity index (χ3v) is 5.63. The first-order valence-corrected chi connectivity index (χ1v) is 10.5. The Labute approximate surface area is 178 Å². The molecule has 5 heteroatoms. The molecular formula is C25H31NO4. The SMILES string of the molecule is COc1cccc(/C(=C\COCCN2CCC[C@@H](C(=O)O)C2)c2ccccc2C)c1. The van der Waals surface area contributed by atoms with Gasteiger partial charge in [-0.2, -0.15) is 0 Å². The lowest BCUT2D eigenvalue weighted by Gasteiger charge is -2.30. The Morgan fingerprint density at radius 3 is 2.83 bits per heavy atom. The molecule has 0 spiro atoms. The Bertz CT molecular complexity index is 877. The van der Waals surface area contributed by atoms with Crippen LogP contribution in [0.4, 0.5) is 0 Å². The molecule has 1 N–H and O–H groups in total. The standard InChI is InChI=1S/C25H31NO4/c1-19-7-3-4-11-23(19)24(20-8-5-10-22(17-20)29-2)12-15-30-16-14-26-13-6-9-21(18-26)25(27)28/h3-5,7-8,10-12,17,21H,6,9,13-16,18H2,1-2H3,(H,27,28)/b24-12+/t21-/m1/s1. The minimum atomic E-state index is -0.690. The van der Waals surface area contributed by atoms with Crippen LogP contribution in [-0.2, 0) is 9.53 Å². The summed E-state index contributed by atoms with van der Waals surface area (Å²) < 4.78 is 11.3. The van der Waals surface area contributed by atoms with Gasteiger partial charge in [0, 0.05) is 13.1 Å². The van der Waals surface area contributed by atoms with Crippen LogP contribution < -0.4 is 4.74 Å². The summed E-state index contributed by atoms with van der Waals surface area (Å²) in [5.41, 5.74) is 4.60. The molecule has 1 aliphatic heterocycles. The highest BCUT2D eigenvalue weighted by atomic mass is 16.5. The number of benzene rings is 2. The summed E-state index contributed by atoms with van der Waals surface area (Å²) in [6, 6.07) is 16.4. The topological polar surface area (TPSA) is 59.0 Å². The fraction of sp³-hybridized carbons (Fsp3) is 0.400. The van der Waals surface area contributed by atoms with E-state index in [1.54, 1.807) is 7.11 Å². The van der Waals surface area contributed by atoms with Crippen LogP contribution in [0, 0.1) is 12.8 Å². The number of carbonyl (C=O) groups is 1. The Balaban J connectivity index is 1.64. The number of nitrogens with zero attached hydrogens (tertiary/aromatic N) is 1. The van der Waals surface area contributed by atoms with Gasteiger partial charge >= 0.3 is 5.97 Å². The predicted octanol–water partition coefficient (Wildman–Crippen LogP) is 4.25. The van der Waals surface area contributed by atoms with Gasteiger partial charge in [0.05, 0.1) is 26.2 Å². The number of carboxylic acid groups (broad SMARTS) is 1. The fourth-order valence-electron chi connectivity index (χ4n) is 3.93. The molecule has 1 fully saturated rings. The molecule has 3 rings (SSSR count). The first kappa shape index (κ1) is 22.1. The normalized spacial score (nSPS) is 17.7. The van der Waals surface area contributed by atoms with Gasteiger partial charge in [0.1, 0.15) is 5.75 Å². The molecule has 0 unspecified atom stereocenters. The molecule has 5 nitrogen and oxygen atoms in total. The maximum absolute atomic E-state index is 11.2. The summed E-state index contributed by atoms with van der Waals surface area (Å²) in [7, 11) is 1.68. The van der Waals surface area contributed by atoms with Crippen LogP contribution in [0.15, 0.2) is 54.6 Å². The number of piperidine rings is 1. The van der Waals surface area contributed by atoms with E-state index in [-0.39, 0.29) is 5.92 Å². The van der Waals surface area contributed by atoms with E-state index >= 15 is 0 Å². The van der Waals surface area contributed by atoms with Crippen molar-refractivity contribution in [1.29, 1.82) is 0 Å². The van der Waals surface area contributed by atoms with E-state index in [4.69, 9.17) is 9.47 Å². The zero-order valence-electron chi connectivity index (χ0n) is 17.8. The zero-order valence-corrected chi connectivity index (χ0v) is 17.8. The summed E-state index contributed by atoms with van der Waals surface area (Å²) >= 11 is 0. The Kier molecular flexibility index (Phi) is 8.05. The van der Waals surface area contributed by atoms with Crippen molar-refractivity contribution in [1.82, 2.24) is 4.90 Å². The van der Waals surface area contributed by atoms with Crippen molar-refractivity contribution in [3.8, 4) is 5.75 Å².